The van der Waals surface area contributed by atoms with Crippen molar-refractivity contribution in [3.8, 4) is 0 Å². The topological polar surface area (TPSA) is 118 Å². The Balaban J connectivity index is 2.50. The van der Waals surface area contributed by atoms with Gasteiger partial charge in [-0.15, -0.1) is 0 Å². The number of nitro groups is 1. The van der Waals surface area contributed by atoms with Gasteiger partial charge in [0.05, 0.1) is 10.3 Å². The molecule has 0 aliphatic carbocycles. The van der Waals surface area contributed by atoms with Crippen LogP contribution >= 0.6 is 0 Å². The molecule has 0 saturated carbocycles. The van der Waals surface area contributed by atoms with E-state index >= 15 is 0 Å². The van der Waals surface area contributed by atoms with E-state index in [0.717, 1.165) is 22.5 Å². The predicted octanol–water partition coefficient (Wildman–Crippen LogP) is 1.22. The molecular formula is C12H13FN2O6S. The molecule has 1 unspecified atom stereocenters. The van der Waals surface area contributed by atoms with Crippen LogP contribution in [-0.2, 0) is 14.8 Å². The summed E-state index contributed by atoms with van der Waals surface area (Å²) in [7, 11) is -4.50. The highest BCUT2D eigenvalue weighted by molar-refractivity contribution is 7.89. The number of hydrogen-bond acceptors (Lipinski definition) is 5. The van der Waals surface area contributed by atoms with Gasteiger partial charge in [0.15, 0.2) is 4.90 Å². The van der Waals surface area contributed by atoms with Crippen LogP contribution in [0.5, 0.6) is 0 Å². The van der Waals surface area contributed by atoms with Crippen LogP contribution in [0.3, 0.4) is 0 Å². The third kappa shape index (κ3) is 2.55. The average Bonchev–Trinajstić information content (AvgIpc) is 2.83. The second-order valence-electron chi connectivity index (χ2n) is 5.30. The summed E-state index contributed by atoms with van der Waals surface area (Å²) < 4.78 is 39.6. The average molecular weight is 332 g/mol. The fourth-order valence-electron chi connectivity index (χ4n) is 2.32. The molecule has 2 rings (SSSR count). The van der Waals surface area contributed by atoms with Crippen molar-refractivity contribution >= 4 is 21.7 Å². The van der Waals surface area contributed by atoms with Gasteiger partial charge in [-0.2, -0.15) is 4.31 Å². The lowest BCUT2D eigenvalue weighted by Gasteiger charge is -2.20. The number of halogens is 1. The molecule has 1 aromatic carbocycles. The molecule has 0 bridgehead atoms. The summed E-state index contributed by atoms with van der Waals surface area (Å²) in [4.78, 5) is 20.1. The second-order valence-corrected chi connectivity index (χ2v) is 7.17. The maximum atomic E-state index is 13.9. The molecule has 120 valence electrons. The van der Waals surface area contributed by atoms with Crippen molar-refractivity contribution in [2.45, 2.75) is 18.2 Å². The highest BCUT2D eigenvalue weighted by atomic mass is 32.2. The summed E-state index contributed by atoms with van der Waals surface area (Å²) >= 11 is 0. The number of hydrogen-bond donors (Lipinski definition) is 1. The van der Waals surface area contributed by atoms with Gasteiger partial charge in [-0.05, 0) is 19.4 Å². The van der Waals surface area contributed by atoms with E-state index in [0.29, 0.717) is 0 Å². The van der Waals surface area contributed by atoms with Crippen molar-refractivity contribution in [1.82, 2.24) is 4.31 Å². The highest BCUT2D eigenvalue weighted by Gasteiger charge is 2.47. The molecule has 1 saturated heterocycles. The smallest absolute Gasteiger partial charge is 0.310 e. The summed E-state index contributed by atoms with van der Waals surface area (Å²) in [5.41, 5.74) is -2.17. The standard InChI is InChI=1S/C12H13FN2O6S/c1-12(11(16)17)5-6-14(7-12)22(20,21)10-8(13)3-2-4-9(10)15(18)19/h2-4H,5-7H2,1H3,(H,16,17). The van der Waals surface area contributed by atoms with E-state index in [1.165, 1.54) is 6.92 Å². The van der Waals surface area contributed by atoms with E-state index in [2.05, 4.69) is 0 Å². The zero-order valence-electron chi connectivity index (χ0n) is 11.5. The van der Waals surface area contributed by atoms with Crippen LogP contribution in [0.4, 0.5) is 10.1 Å². The number of sulfonamides is 1. The van der Waals surface area contributed by atoms with Crippen molar-refractivity contribution in [2.75, 3.05) is 13.1 Å². The van der Waals surface area contributed by atoms with Crippen molar-refractivity contribution in [2.24, 2.45) is 5.41 Å². The maximum absolute atomic E-state index is 13.9. The minimum Gasteiger partial charge on any atom is -0.481 e. The molecule has 0 amide bonds. The molecule has 0 radical (unpaired) electrons. The third-order valence-electron chi connectivity index (χ3n) is 3.70. The van der Waals surface area contributed by atoms with Gasteiger partial charge in [0.2, 0.25) is 0 Å². The molecule has 1 N–H and O–H groups in total. The van der Waals surface area contributed by atoms with Crippen molar-refractivity contribution < 1.29 is 27.6 Å². The van der Waals surface area contributed by atoms with Gasteiger partial charge < -0.3 is 5.11 Å². The highest BCUT2D eigenvalue weighted by Crippen LogP contribution is 2.36. The fraction of sp³-hybridized carbons (Fsp3) is 0.417. The van der Waals surface area contributed by atoms with Gasteiger partial charge in [0, 0.05) is 19.2 Å². The van der Waals surface area contributed by atoms with Crippen LogP contribution in [0.25, 0.3) is 0 Å². The Morgan fingerprint density at radius 2 is 2.14 bits per heavy atom. The van der Waals surface area contributed by atoms with Crippen LogP contribution in [0.2, 0.25) is 0 Å². The van der Waals surface area contributed by atoms with Crippen LogP contribution in [-0.4, -0.2) is 41.8 Å². The molecular weight excluding hydrogens is 319 g/mol. The van der Waals surface area contributed by atoms with Gasteiger partial charge >= 0.3 is 5.97 Å². The zero-order valence-corrected chi connectivity index (χ0v) is 12.3. The molecule has 1 fully saturated rings. The largest absolute Gasteiger partial charge is 0.481 e. The molecule has 10 heteroatoms. The Kier molecular flexibility index (Phi) is 3.92. The number of aliphatic carboxylic acids is 1. The minimum absolute atomic E-state index is 0.0454. The first-order valence-electron chi connectivity index (χ1n) is 6.26. The monoisotopic (exact) mass is 332 g/mol. The Morgan fingerprint density at radius 3 is 2.64 bits per heavy atom. The quantitative estimate of drug-likeness (QED) is 0.654. The minimum atomic E-state index is -4.50. The van der Waals surface area contributed by atoms with Crippen molar-refractivity contribution in [3.63, 3.8) is 0 Å². The number of nitro benzene ring substituents is 1. The van der Waals surface area contributed by atoms with Gasteiger partial charge in [-0.3, -0.25) is 14.9 Å². The number of rotatable bonds is 4. The Bertz CT molecular complexity index is 750. The second kappa shape index (κ2) is 5.29. The summed E-state index contributed by atoms with van der Waals surface area (Å²) in [6, 6.07) is 2.74. The molecule has 1 heterocycles. The lowest BCUT2D eigenvalue weighted by molar-refractivity contribution is -0.388. The zero-order chi connectivity index (χ0) is 16.7. The van der Waals surface area contributed by atoms with Gasteiger partial charge in [0.25, 0.3) is 15.7 Å². The summed E-state index contributed by atoms with van der Waals surface area (Å²) in [5.74, 6) is -2.41. The van der Waals surface area contributed by atoms with E-state index in [-0.39, 0.29) is 19.5 Å². The fourth-order valence-corrected chi connectivity index (χ4v) is 4.09. The summed E-state index contributed by atoms with van der Waals surface area (Å²) in [6.45, 7) is 0.868. The Hall–Kier alpha value is -2.07. The number of carbonyl (C=O) groups is 1. The van der Waals surface area contributed by atoms with Gasteiger partial charge in [-0.1, -0.05) is 6.07 Å². The van der Waals surface area contributed by atoms with E-state index in [1.54, 1.807) is 0 Å². The van der Waals surface area contributed by atoms with E-state index in [4.69, 9.17) is 5.11 Å². The number of nitrogens with zero attached hydrogens (tertiary/aromatic N) is 2. The number of benzene rings is 1. The first kappa shape index (κ1) is 16.3. The van der Waals surface area contributed by atoms with Crippen LogP contribution in [0.15, 0.2) is 23.1 Å². The molecule has 1 aliphatic rings. The maximum Gasteiger partial charge on any atom is 0.310 e. The number of carboxylic acids is 1. The number of carboxylic acid groups (broad SMARTS) is 1. The van der Waals surface area contributed by atoms with E-state index in [1.807, 2.05) is 0 Å². The van der Waals surface area contributed by atoms with Gasteiger partial charge in [-0.25, -0.2) is 12.8 Å². The molecule has 0 spiro atoms. The first-order valence-corrected chi connectivity index (χ1v) is 7.70. The van der Waals surface area contributed by atoms with E-state index < -0.39 is 42.7 Å². The van der Waals surface area contributed by atoms with Crippen LogP contribution in [0.1, 0.15) is 13.3 Å². The Morgan fingerprint density at radius 1 is 1.50 bits per heavy atom. The third-order valence-corrected chi connectivity index (χ3v) is 5.61. The molecule has 8 nitrogen and oxygen atoms in total. The molecule has 0 aromatic heterocycles. The van der Waals surface area contributed by atoms with Crippen LogP contribution < -0.4 is 0 Å². The lowest BCUT2D eigenvalue weighted by Crippen LogP contribution is -2.35. The predicted molar refractivity (Wildman–Crippen MR) is 72.2 cm³/mol. The summed E-state index contributed by atoms with van der Waals surface area (Å²) in [6.07, 6.45) is 0.0454. The first-order chi connectivity index (χ1) is 10.1. The van der Waals surface area contributed by atoms with Crippen molar-refractivity contribution in [3.05, 3.63) is 34.1 Å². The summed E-state index contributed by atoms with van der Waals surface area (Å²) in [5, 5.41) is 20.1. The van der Waals surface area contributed by atoms with Gasteiger partial charge in [0.1, 0.15) is 5.82 Å². The SMILES string of the molecule is CC1(C(=O)O)CCN(S(=O)(=O)c2c(F)cccc2[N+](=O)[O-])C1. The molecule has 1 aromatic rings. The molecule has 1 atom stereocenters. The lowest BCUT2D eigenvalue weighted by atomic mass is 9.90. The molecule has 1 aliphatic heterocycles. The van der Waals surface area contributed by atoms with Crippen molar-refractivity contribution in [1.29, 1.82) is 0 Å². The van der Waals surface area contributed by atoms with Crippen LogP contribution in [0, 0.1) is 21.3 Å². The normalized spacial score (nSPS) is 22.6. The molecule has 22 heavy (non-hydrogen) atoms. The van der Waals surface area contributed by atoms with E-state index in [9.17, 15) is 27.7 Å². The Labute approximate surface area is 125 Å².